The van der Waals surface area contributed by atoms with Crippen molar-refractivity contribution in [2.45, 2.75) is 53.6 Å². The molecule has 2 aromatic carbocycles. The summed E-state index contributed by atoms with van der Waals surface area (Å²) in [7, 11) is 0. The Balaban J connectivity index is 2.18. The third kappa shape index (κ3) is 6.31. The Labute approximate surface area is 178 Å². The monoisotopic (exact) mass is 414 g/mol. The number of aryl methyl sites for hydroxylation is 2. The molecule has 0 aliphatic heterocycles. The van der Waals surface area contributed by atoms with Gasteiger partial charge in [-0.25, -0.2) is 4.39 Å². The van der Waals surface area contributed by atoms with E-state index >= 15 is 0 Å². The summed E-state index contributed by atoms with van der Waals surface area (Å²) in [5.41, 5.74) is 3.86. The van der Waals surface area contributed by atoms with Crippen molar-refractivity contribution < 1.29 is 18.7 Å². The molecule has 162 valence electrons. The zero-order valence-corrected chi connectivity index (χ0v) is 18.4. The molecule has 6 heteroatoms. The van der Waals surface area contributed by atoms with Crippen LogP contribution in [0.25, 0.3) is 0 Å². The van der Waals surface area contributed by atoms with Crippen molar-refractivity contribution in [2.75, 3.05) is 13.2 Å². The minimum atomic E-state index is -0.682. The number of carbonyl (C=O) groups is 2. The first kappa shape index (κ1) is 23.4. The molecule has 30 heavy (non-hydrogen) atoms. The summed E-state index contributed by atoms with van der Waals surface area (Å²) in [5, 5.41) is 2.83. The quantitative estimate of drug-likeness (QED) is 0.673. The molecule has 2 amide bonds. The normalized spacial score (nSPS) is 11.7. The van der Waals surface area contributed by atoms with Crippen LogP contribution in [0.1, 0.15) is 42.5 Å². The topological polar surface area (TPSA) is 58.6 Å². The summed E-state index contributed by atoms with van der Waals surface area (Å²) < 4.78 is 19.1. The molecule has 0 spiro atoms. The molecule has 5 nitrogen and oxygen atoms in total. The van der Waals surface area contributed by atoms with Crippen molar-refractivity contribution in [2.24, 2.45) is 0 Å². The highest BCUT2D eigenvalue weighted by Gasteiger charge is 2.26. The molecule has 0 radical (unpaired) electrons. The zero-order chi connectivity index (χ0) is 22.3. The van der Waals surface area contributed by atoms with Gasteiger partial charge in [-0.1, -0.05) is 25.1 Å². The van der Waals surface area contributed by atoms with E-state index in [0.29, 0.717) is 12.3 Å². The van der Waals surface area contributed by atoms with E-state index < -0.39 is 6.04 Å². The van der Waals surface area contributed by atoms with Crippen molar-refractivity contribution in [1.82, 2.24) is 10.2 Å². The van der Waals surface area contributed by atoms with E-state index in [1.165, 1.54) is 17.0 Å². The summed E-state index contributed by atoms with van der Waals surface area (Å²) >= 11 is 0. The first-order valence-electron chi connectivity index (χ1n) is 10.2. The summed E-state index contributed by atoms with van der Waals surface area (Å²) in [6.07, 6.45) is 0.805. The Kier molecular flexibility index (Phi) is 8.39. The standard InChI is InChI=1S/C24H31FN2O3/c1-6-11-26-24(29)19(5)27(14-20-7-9-21(25)10-8-20)23(28)15-30-22-13-16(2)12-17(3)18(22)4/h7-10,12-13,19H,6,11,14-15H2,1-5H3,(H,26,29). The highest BCUT2D eigenvalue weighted by molar-refractivity contribution is 5.88. The molecule has 1 unspecified atom stereocenters. The second-order valence-corrected chi connectivity index (χ2v) is 7.61. The number of nitrogens with zero attached hydrogens (tertiary/aromatic N) is 1. The zero-order valence-electron chi connectivity index (χ0n) is 18.4. The van der Waals surface area contributed by atoms with Crippen LogP contribution in [0.3, 0.4) is 0 Å². The summed E-state index contributed by atoms with van der Waals surface area (Å²) in [6.45, 7) is 10.1. The van der Waals surface area contributed by atoms with Gasteiger partial charge in [0.15, 0.2) is 6.61 Å². The molecule has 0 aliphatic rings. The van der Waals surface area contributed by atoms with Crippen molar-refractivity contribution in [1.29, 1.82) is 0 Å². The van der Waals surface area contributed by atoms with E-state index in [4.69, 9.17) is 4.74 Å². The largest absolute Gasteiger partial charge is 0.483 e. The molecule has 0 fully saturated rings. The van der Waals surface area contributed by atoms with Gasteiger partial charge in [-0.15, -0.1) is 0 Å². The lowest BCUT2D eigenvalue weighted by Crippen LogP contribution is -2.49. The molecule has 0 bridgehead atoms. The van der Waals surface area contributed by atoms with Gasteiger partial charge in [0.1, 0.15) is 17.6 Å². The Morgan fingerprint density at radius 1 is 1.13 bits per heavy atom. The smallest absolute Gasteiger partial charge is 0.261 e. The second kappa shape index (κ2) is 10.8. The Bertz CT molecular complexity index is 881. The van der Waals surface area contributed by atoms with Crippen LogP contribution in [0.15, 0.2) is 36.4 Å². The molecule has 0 aliphatic carbocycles. The number of benzene rings is 2. The van der Waals surface area contributed by atoms with Gasteiger partial charge in [-0.3, -0.25) is 9.59 Å². The van der Waals surface area contributed by atoms with Crippen molar-refractivity contribution >= 4 is 11.8 Å². The molecule has 0 saturated carbocycles. The Hall–Kier alpha value is -2.89. The summed E-state index contributed by atoms with van der Waals surface area (Å²) in [5.74, 6) is -0.225. The van der Waals surface area contributed by atoms with Crippen LogP contribution in [-0.4, -0.2) is 35.9 Å². The van der Waals surface area contributed by atoms with Gasteiger partial charge in [0.05, 0.1) is 0 Å². The van der Waals surface area contributed by atoms with E-state index in [0.717, 1.165) is 28.7 Å². The summed E-state index contributed by atoms with van der Waals surface area (Å²) in [4.78, 5) is 27.0. The summed E-state index contributed by atoms with van der Waals surface area (Å²) in [6, 6.07) is 9.19. The van der Waals surface area contributed by atoms with E-state index in [2.05, 4.69) is 11.4 Å². The van der Waals surface area contributed by atoms with Gasteiger partial charge in [-0.2, -0.15) is 0 Å². The fourth-order valence-corrected chi connectivity index (χ4v) is 3.14. The van der Waals surface area contributed by atoms with Crippen LogP contribution in [0.5, 0.6) is 5.75 Å². The predicted molar refractivity (Wildman–Crippen MR) is 116 cm³/mol. The fraction of sp³-hybridized carbons (Fsp3) is 0.417. The van der Waals surface area contributed by atoms with Gasteiger partial charge in [0.25, 0.3) is 5.91 Å². The van der Waals surface area contributed by atoms with Gasteiger partial charge in [-0.05, 0) is 74.6 Å². The number of carbonyl (C=O) groups excluding carboxylic acids is 2. The molecular weight excluding hydrogens is 383 g/mol. The van der Waals surface area contributed by atoms with Crippen molar-refractivity contribution in [3.63, 3.8) is 0 Å². The predicted octanol–water partition coefficient (Wildman–Crippen LogP) is 4.07. The maximum atomic E-state index is 13.3. The van der Waals surface area contributed by atoms with Crippen LogP contribution in [0.4, 0.5) is 4.39 Å². The number of ether oxygens (including phenoxy) is 1. The van der Waals surface area contributed by atoms with E-state index in [1.807, 2.05) is 33.8 Å². The lowest BCUT2D eigenvalue weighted by molar-refractivity contribution is -0.142. The van der Waals surface area contributed by atoms with Gasteiger partial charge >= 0.3 is 0 Å². The molecular formula is C24H31FN2O3. The number of hydrogen-bond donors (Lipinski definition) is 1. The number of halogens is 1. The van der Waals surface area contributed by atoms with Crippen molar-refractivity contribution in [3.05, 3.63) is 64.5 Å². The second-order valence-electron chi connectivity index (χ2n) is 7.61. The third-order valence-corrected chi connectivity index (χ3v) is 5.10. The van der Waals surface area contributed by atoms with E-state index in [1.54, 1.807) is 19.1 Å². The highest BCUT2D eigenvalue weighted by Crippen LogP contribution is 2.23. The lowest BCUT2D eigenvalue weighted by Gasteiger charge is -2.29. The number of nitrogens with one attached hydrogen (secondary N) is 1. The molecule has 0 aromatic heterocycles. The van der Waals surface area contributed by atoms with Crippen LogP contribution in [0.2, 0.25) is 0 Å². The third-order valence-electron chi connectivity index (χ3n) is 5.10. The van der Waals surface area contributed by atoms with E-state index in [-0.39, 0.29) is 30.8 Å². The molecule has 2 aromatic rings. The number of hydrogen-bond acceptors (Lipinski definition) is 3. The Morgan fingerprint density at radius 2 is 1.80 bits per heavy atom. The maximum absolute atomic E-state index is 13.3. The first-order chi connectivity index (χ1) is 14.2. The van der Waals surface area contributed by atoms with Gasteiger partial charge in [0.2, 0.25) is 5.91 Å². The maximum Gasteiger partial charge on any atom is 0.261 e. The average Bonchev–Trinajstić information content (AvgIpc) is 2.72. The molecule has 0 saturated heterocycles. The van der Waals surface area contributed by atoms with Crippen LogP contribution >= 0.6 is 0 Å². The van der Waals surface area contributed by atoms with Crippen LogP contribution in [-0.2, 0) is 16.1 Å². The molecule has 2 rings (SSSR count). The van der Waals surface area contributed by atoms with Crippen LogP contribution < -0.4 is 10.1 Å². The van der Waals surface area contributed by atoms with E-state index in [9.17, 15) is 14.0 Å². The molecule has 1 N–H and O–H groups in total. The number of amides is 2. The lowest BCUT2D eigenvalue weighted by atomic mass is 10.1. The highest BCUT2D eigenvalue weighted by atomic mass is 19.1. The van der Waals surface area contributed by atoms with Gasteiger partial charge < -0.3 is 15.0 Å². The van der Waals surface area contributed by atoms with Gasteiger partial charge in [0, 0.05) is 13.1 Å². The average molecular weight is 415 g/mol. The minimum Gasteiger partial charge on any atom is -0.483 e. The Morgan fingerprint density at radius 3 is 2.43 bits per heavy atom. The SMILES string of the molecule is CCCNC(=O)C(C)N(Cc1ccc(F)cc1)C(=O)COc1cc(C)cc(C)c1C. The fourth-order valence-electron chi connectivity index (χ4n) is 3.14. The molecule has 0 heterocycles. The number of rotatable bonds is 9. The minimum absolute atomic E-state index is 0.184. The van der Waals surface area contributed by atoms with Crippen molar-refractivity contribution in [3.8, 4) is 5.75 Å². The first-order valence-corrected chi connectivity index (χ1v) is 10.2. The van der Waals surface area contributed by atoms with Crippen LogP contribution in [0, 0.1) is 26.6 Å². The molecule has 1 atom stereocenters.